The van der Waals surface area contributed by atoms with Crippen LogP contribution in [0.5, 0.6) is 0 Å². The summed E-state index contributed by atoms with van der Waals surface area (Å²) in [6.45, 7) is 0. The van der Waals surface area contributed by atoms with Gasteiger partial charge < -0.3 is 19.4 Å². The highest BCUT2D eigenvalue weighted by Gasteiger charge is 2.15. The maximum absolute atomic E-state index is 11.9. The van der Waals surface area contributed by atoms with Gasteiger partial charge in [0.25, 0.3) is 5.56 Å². The number of ether oxygens (including phenoxy) is 2. The molecule has 9 nitrogen and oxygen atoms in total. The largest absolute Gasteiger partial charge is 0.466 e. The predicted molar refractivity (Wildman–Crippen MR) is 72.7 cm³/mol. The zero-order chi connectivity index (χ0) is 16.2. The average Bonchev–Trinajstić information content (AvgIpc) is 2.48. The highest BCUT2D eigenvalue weighted by Crippen LogP contribution is 2.04. The van der Waals surface area contributed by atoms with Gasteiger partial charge in [0.2, 0.25) is 0 Å². The van der Waals surface area contributed by atoms with Crippen molar-refractivity contribution >= 4 is 17.6 Å². The molecule has 0 aliphatic rings. The Balaban J connectivity index is 3.32. The fraction of sp³-hybridized carbons (Fsp3) is 0.333. The van der Waals surface area contributed by atoms with Crippen molar-refractivity contribution in [2.45, 2.75) is 0 Å². The lowest BCUT2D eigenvalue weighted by molar-refractivity contribution is -0.138. The van der Waals surface area contributed by atoms with E-state index >= 15 is 0 Å². The van der Waals surface area contributed by atoms with Crippen LogP contribution in [0, 0.1) is 0 Å². The third kappa shape index (κ3) is 3.59. The first kappa shape index (κ1) is 16.2. The van der Waals surface area contributed by atoms with Gasteiger partial charge in [-0.05, 0) is 0 Å². The molecular weight excluding hydrogens is 282 g/mol. The van der Waals surface area contributed by atoms with Crippen LogP contribution < -0.4 is 16.6 Å². The third-order valence-electron chi connectivity index (χ3n) is 2.58. The average molecular weight is 297 g/mol. The molecule has 114 valence electrons. The summed E-state index contributed by atoms with van der Waals surface area (Å²) >= 11 is 0. The Bertz CT molecular complexity index is 713. The summed E-state index contributed by atoms with van der Waals surface area (Å²) in [5.74, 6) is -1.67. The van der Waals surface area contributed by atoms with Crippen LogP contribution in [0.2, 0.25) is 0 Å². The number of nitrogens with zero attached hydrogens (tertiary/aromatic N) is 2. The Hall–Kier alpha value is -2.84. The van der Waals surface area contributed by atoms with E-state index in [0.29, 0.717) is 0 Å². The minimum Gasteiger partial charge on any atom is -0.466 e. The second-order valence-electron chi connectivity index (χ2n) is 4.00. The van der Waals surface area contributed by atoms with Crippen LogP contribution >= 0.6 is 0 Å². The van der Waals surface area contributed by atoms with Gasteiger partial charge in [0.15, 0.2) is 0 Å². The molecule has 0 atom stereocenters. The molecule has 0 aliphatic carbocycles. The number of anilines is 1. The number of hydrogen-bond donors (Lipinski definition) is 1. The van der Waals surface area contributed by atoms with Crippen molar-refractivity contribution in [2.24, 2.45) is 14.1 Å². The number of aromatic nitrogens is 2. The first-order valence-corrected chi connectivity index (χ1v) is 5.73. The van der Waals surface area contributed by atoms with Crippen molar-refractivity contribution < 1.29 is 19.1 Å². The molecule has 0 unspecified atom stereocenters. The highest BCUT2D eigenvalue weighted by atomic mass is 16.5. The molecule has 1 heterocycles. The number of aryl methyl sites for hydroxylation is 1. The number of nitrogens with one attached hydrogen (secondary N) is 1. The van der Waals surface area contributed by atoms with E-state index in [1.54, 1.807) is 0 Å². The van der Waals surface area contributed by atoms with E-state index in [2.05, 4.69) is 14.8 Å². The smallest absolute Gasteiger partial charge is 0.354 e. The van der Waals surface area contributed by atoms with Crippen molar-refractivity contribution in [2.75, 3.05) is 19.5 Å². The van der Waals surface area contributed by atoms with E-state index in [1.165, 1.54) is 20.3 Å². The second kappa shape index (κ2) is 6.55. The van der Waals surface area contributed by atoms with Gasteiger partial charge in [-0.3, -0.25) is 9.36 Å². The fourth-order valence-electron chi connectivity index (χ4n) is 1.47. The Morgan fingerprint density at radius 2 is 1.81 bits per heavy atom. The predicted octanol–water partition coefficient (Wildman–Crippen LogP) is -1.27. The number of carbonyl (C=O) groups is 2. The highest BCUT2D eigenvalue weighted by molar-refractivity contribution is 5.98. The molecule has 1 aromatic rings. The molecule has 0 radical (unpaired) electrons. The second-order valence-corrected chi connectivity index (χ2v) is 4.00. The van der Waals surface area contributed by atoms with Gasteiger partial charge in [0, 0.05) is 20.3 Å². The third-order valence-corrected chi connectivity index (χ3v) is 2.58. The van der Waals surface area contributed by atoms with E-state index in [4.69, 9.17) is 0 Å². The van der Waals surface area contributed by atoms with Gasteiger partial charge in [-0.1, -0.05) is 0 Å². The zero-order valence-electron chi connectivity index (χ0n) is 12.0. The lowest BCUT2D eigenvalue weighted by Crippen LogP contribution is -2.38. The van der Waals surface area contributed by atoms with E-state index in [-0.39, 0.29) is 11.4 Å². The monoisotopic (exact) mass is 297 g/mol. The maximum atomic E-state index is 11.9. The van der Waals surface area contributed by atoms with Crippen molar-refractivity contribution in [3.63, 3.8) is 0 Å². The summed E-state index contributed by atoms with van der Waals surface area (Å²) < 4.78 is 10.9. The molecule has 0 amide bonds. The summed E-state index contributed by atoms with van der Waals surface area (Å²) in [7, 11) is 4.99. The molecule has 0 fully saturated rings. The van der Waals surface area contributed by atoms with Crippen LogP contribution in [-0.2, 0) is 33.2 Å². The standard InChI is InChI=1S/C12H15N3O6/c1-14-6-8(10(17)15(2)12(14)19)13-7(11(18)21-4)5-9(16)20-3/h5-6,13H,1-4H3. The molecular formula is C12H15N3O6. The minimum atomic E-state index is -0.865. The summed E-state index contributed by atoms with van der Waals surface area (Å²) in [6.07, 6.45) is 2.05. The summed E-state index contributed by atoms with van der Waals surface area (Å²) in [5, 5.41) is 2.46. The van der Waals surface area contributed by atoms with E-state index in [1.807, 2.05) is 0 Å². The van der Waals surface area contributed by atoms with Gasteiger partial charge in [0.05, 0.1) is 20.3 Å². The van der Waals surface area contributed by atoms with Gasteiger partial charge >= 0.3 is 17.6 Å². The van der Waals surface area contributed by atoms with Crippen LogP contribution in [0.4, 0.5) is 5.69 Å². The molecule has 9 heteroatoms. The Morgan fingerprint density at radius 3 is 2.33 bits per heavy atom. The Labute approximate surface area is 119 Å². The molecule has 0 spiro atoms. The molecule has 0 bridgehead atoms. The Kier molecular flexibility index (Phi) is 5.06. The first-order valence-electron chi connectivity index (χ1n) is 5.73. The molecule has 0 saturated carbocycles. The van der Waals surface area contributed by atoms with Crippen molar-refractivity contribution in [1.29, 1.82) is 0 Å². The Morgan fingerprint density at radius 1 is 1.19 bits per heavy atom. The molecule has 1 N–H and O–H groups in total. The topological polar surface area (TPSA) is 109 Å². The fourth-order valence-corrected chi connectivity index (χ4v) is 1.47. The number of hydrogen-bond acceptors (Lipinski definition) is 7. The quantitative estimate of drug-likeness (QED) is 0.545. The molecule has 0 aliphatic heterocycles. The normalized spacial score (nSPS) is 11.0. The SMILES string of the molecule is COC(=O)C=C(Nc1cn(C)c(=O)n(C)c1=O)C(=O)OC. The molecule has 1 aromatic heterocycles. The van der Waals surface area contributed by atoms with E-state index in [9.17, 15) is 19.2 Å². The number of esters is 2. The van der Waals surface area contributed by atoms with Gasteiger partial charge in [-0.15, -0.1) is 0 Å². The van der Waals surface area contributed by atoms with Crippen LogP contribution in [-0.4, -0.2) is 35.3 Å². The number of carbonyl (C=O) groups excluding carboxylic acids is 2. The summed E-state index contributed by atoms with van der Waals surface area (Å²) in [5.41, 5.74) is -1.54. The van der Waals surface area contributed by atoms with Crippen molar-refractivity contribution in [3.8, 4) is 0 Å². The van der Waals surface area contributed by atoms with Crippen molar-refractivity contribution in [1.82, 2.24) is 9.13 Å². The minimum absolute atomic E-state index is 0.0693. The summed E-state index contributed by atoms with van der Waals surface area (Å²) in [6, 6.07) is 0. The zero-order valence-corrected chi connectivity index (χ0v) is 12.0. The lowest BCUT2D eigenvalue weighted by atomic mass is 10.3. The van der Waals surface area contributed by atoms with Gasteiger partial charge in [-0.2, -0.15) is 0 Å². The van der Waals surface area contributed by atoms with Crippen LogP contribution in [0.15, 0.2) is 27.6 Å². The lowest BCUT2D eigenvalue weighted by Gasteiger charge is -2.10. The molecule has 0 aromatic carbocycles. The van der Waals surface area contributed by atoms with Gasteiger partial charge in [0.1, 0.15) is 11.4 Å². The number of rotatable bonds is 4. The van der Waals surface area contributed by atoms with Crippen LogP contribution in [0.3, 0.4) is 0 Å². The van der Waals surface area contributed by atoms with Gasteiger partial charge in [-0.25, -0.2) is 14.4 Å². The number of methoxy groups -OCH3 is 2. The van der Waals surface area contributed by atoms with Crippen molar-refractivity contribution in [3.05, 3.63) is 38.8 Å². The van der Waals surface area contributed by atoms with E-state index in [0.717, 1.165) is 29.4 Å². The first-order chi connectivity index (χ1) is 9.81. The molecule has 21 heavy (non-hydrogen) atoms. The van der Waals surface area contributed by atoms with E-state index < -0.39 is 23.2 Å². The summed E-state index contributed by atoms with van der Waals surface area (Å²) in [4.78, 5) is 46.3. The molecule has 0 saturated heterocycles. The van der Waals surface area contributed by atoms with Crippen LogP contribution in [0.25, 0.3) is 0 Å². The van der Waals surface area contributed by atoms with Crippen LogP contribution in [0.1, 0.15) is 0 Å². The maximum Gasteiger partial charge on any atom is 0.354 e. The molecule has 1 rings (SSSR count).